The molecule has 3 aromatic rings. The van der Waals surface area contributed by atoms with Crippen LogP contribution in [0.15, 0.2) is 83.6 Å². The third kappa shape index (κ3) is 4.27. The van der Waals surface area contributed by atoms with E-state index in [1.807, 2.05) is 66.7 Å². The Kier molecular flexibility index (Phi) is 6.21. The van der Waals surface area contributed by atoms with E-state index in [2.05, 4.69) is 32.4 Å². The fourth-order valence-corrected chi connectivity index (χ4v) is 4.04. The average molecular weight is 479 g/mol. The molecule has 0 aliphatic carbocycles. The molecule has 1 aromatic heterocycles. The SMILES string of the molecule is O=C1OC[C@@H](c2ccccc2)N1C(=[C]NC(=S)c1ccccc1Br)c1cccnc1. The lowest BCUT2D eigenvalue weighted by molar-refractivity contribution is 0.167. The van der Waals surface area contributed by atoms with Crippen LogP contribution in [0.4, 0.5) is 4.79 Å². The van der Waals surface area contributed by atoms with Crippen LogP contribution in [-0.4, -0.2) is 27.6 Å². The van der Waals surface area contributed by atoms with Gasteiger partial charge in [0.1, 0.15) is 11.6 Å². The maximum Gasteiger partial charge on any atom is 0.415 e. The summed E-state index contributed by atoms with van der Waals surface area (Å²) in [5.41, 5.74) is 3.03. The van der Waals surface area contributed by atoms with Crippen molar-refractivity contribution in [3.63, 3.8) is 0 Å². The summed E-state index contributed by atoms with van der Waals surface area (Å²) >= 11 is 9.04. The van der Waals surface area contributed by atoms with Crippen molar-refractivity contribution in [2.45, 2.75) is 6.04 Å². The van der Waals surface area contributed by atoms with Gasteiger partial charge in [-0.25, -0.2) is 4.79 Å². The Morgan fingerprint density at radius 2 is 1.90 bits per heavy atom. The molecule has 5 nitrogen and oxygen atoms in total. The van der Waals surface area contributed by atoms with Gasteiger partial charge in [0, 0.05) is 28.0 Å². The van der Waals surface area contributed by atoms with Crippen LogP contribution >= 0.6 is 28.1 Å². The van der Waals surface area contributed by atoms with Crippen LogP contribution in [0.2, 0.25) is 0 Å². The van der Waals surface area contributed by atoms with E-state index in [-0.39, 0.29) is 12.6 Å². The molecule has 1 N–H and O–H groups in total. The maximum absolute atomic E-state index is 12.7. The second-order valence-electron chi connectivity index (χ2n) is 6.52. The number of ether oxygens (including phenoxy) is 1. The summed E-state index contributed by atoms with van der Waals surface area (Å²) in [6.07, 6.45) is 6.04. The first-order valence-corrected chi connectivity index (χ1v) is 10.4. The summed E-state index contributed by atoms with van der Waals surface area (Å²) in [4.78, 5) is 19.0. The first kappa shape index (κ1) is 20.3. The predicted molar refractivity (Wildman–Crippen MR) is 122 cm³/mol. The van der Waals surface area contributed by atoms with Gasteiger partial charge in [0.05, 0.1) is 17.9 Å². The molecule has 7 heteroatoms. The molecule has 1 saturated heterocycles. The quantitative estimate of drug-likeness (QED) is 0.408. The number of hydrogen-bond acceptors (Lipinski definition) is 4. The van der Waals surface area contributed by atoms with E-state index in [1.54, 1.807) is 17.3 Å². The number of nitrogens with zero attached hydrogens (tertiary/aromatic N) is 2. The van der Waals surface area contributed by atoms with E-state index in [9.17, 15) is 4.79 Å². The standard InChI is InChI=1S/C23H17BrN3O2S/c24-19-11-5-4-10-18(19)22(30)26-14-20(17-9-6-12-25-13-17)27-21(15-29-23(27)28)16-7-2-1-3-8-16/h1-13,21H,15H2,(H,26,30)/t21-/m0/s1. The van der Waals surface area contributed by atoms with Crippen molar-refractivity contribution in [2.75, 3.05) is 6.61 Å². The number of pyridine rings is 1. The zero-order chi connectivity index (χ0) is 20.9. The minimum absolute atomic E-state index is 0.253. The van der Waals surface area contributed by atoms with Crippen LogP contribution in [0.1, 0.15) is 22.7 Å². The first-order chi connectivity index (χ1) is 14.6. The fourth-order valence-electron chi connectivity index (χ4n) is 3.19. The minimum Gasteiger partial charge on any atom is -0.447 e. The summed E-state index contributed by atoms with van der Waals surface area (Å²) in [5, 5.41) is 3.05. The molecule has 4 rings (SSSR count). The molecule has 1 fully saturated rings. The zero-order valence-electron chi connectivity index (χ0n) is 15.8. The predicted octanol–water partition coefficient (Wildman–Crippen LogP) is 5.10. The van der Waals surface area contributed by atoms with Gasteiger partial charge < -0.3 is 10.1 Å². The van der Waals surface area contributed by atoms with Gasteiger partial charge in [0.2, 0.25) is 0 Å². The molecule has 1 aliphatic rings. The number of hydrogen-bond donors (Lipinski definition) is 1. The molecule has 30 heavy (non-hydrogen) atoms. The molecule has 0 unspecified atom stereocenters. The van der Waals surface area contributed by atoms with Gasteiger partial charge in [-0.15, -0.1) is 0 Å². The van der Waals surface area contributed by atoms with Crippen molar-refractivity contribution >= 4 is 44.9 Å². The number of carbonyl (C=O) groups excluding carboxylic acids is 1. The number of rotatable bonds is 5. The van der Waals surface area contributed by atoms with Gasteiger partial charge in [-0.1, -0.05) is 76.7 Å². The Balaban J connectivity index is 1.71. The van der Waals surface area contributed by atoms with Gasteiger partial charge in [0.15, 0.2) is 0 Å². The number of halogens is 1. The van der Waals surface area contributed by atoms with E-state index < -0.39 is 6.09 Å². The maximum atomic E-state index is 12.7. The second kappa shape index (κ2) is 9.19. The molecule has 149 valence electrons. The molecule has 0 spiro atoms. The number of benzene rings is 2. The largest absolute Gasteiger partial charge is 0.447 e. The molecule has 0 saturated carbocycles. The zero-order valence-corrected chi connectivity index (χ0v) is 18.2. The number of nitrogens with one attached hydrogen (secondary N) is 1. The Morgan fingerprint density at radius 1 is 1.13 bits per heavy atom. The third-order valence-electron chi connectivity index (χ3n) is 4.65. The molecular formula is C23H17BrN3O2S. The smallest absolute Gasteiger partial charge is 0.415 e. The van der Waals surface area contributed by atoms with Gasteiger partial charge in [0.25, 0.3) is 0 Å². The van der Waals surface area contributed by atoms with E-state index in [0.29, 0.717) is 10.7 Å². The van der Waals surface area contributed by atoms with E-state index >= 15 is 0 Å². The highest BCUT2D eigenvalue weighted by Crippen LogP contribution is 2.34. The van der Waals surface area contributed by atoms with Crippen molar-refractivity contribution in [2.24, 2.45) is 0 Å². The second-order valence-corrected chi connectivity index (χ2v) is 7.79. The summed E-state index contributed by atoms with van der Waals surface area (Å²) in [5.74, 6) is 0. The van der Waals surface area contributed by atoms with Gasteiger partial charge in [-0.3, -0.25) is 9.88 Å². The Hall–Kier alpha value is -3.03. The van der Waals surface area contributed by atoms with Crippen molar-refractivity contribution in [1.29, 1.82) is 0 Å². The molecule has 1 aliphatic heterocycles. The van der Waals surface area contributed by atoms with E-state index in [1.165, 1.54) is 0 Å². The Bertz CT molecular complexity index is 1090. The molecule has 0 bridgehead atoms. The van der Waals surface area contributed by atoms with Crippen LogP contribution in [-0.2, 0) is 4.74 Å². The normalized spacial score (nSPS) is 16.3. The number of cyclic esters (lactones) is 1. The first-order valence-electron chi connectivity index (χ1n) is 9.24. The average Bonchev–Trinajstić information content (AvgIpc) is 3.17. The Labute approximate surface area is 188 Å². The Morgan fingerprint density at radius 3 is 2.63 bits per heavy atom. The van der Waals surface area contributed by atoms with Crippen LogP contribution < -0.4 is 5.32 Å². The van der Waals surface area contributed by atoms with Crippen LogP contribution in [0, 0.1) is 6.20 Å². The highest BCUT2D eigenvalue weighted by atomic mass is 79.9. The van der Waals surface area contributed by atoms with Gasteiger partial charge >= 0.3 is 6.09 Å². The molecule has 1 radical (unpaired) electrons. The molecule has 2 aromatic carbocycles. The van der Waals surface area contributed by atoms with Crippen molar-refractivity contribution in [1.82, 2.24) is 15.2 Å². The van der Waals surface area contributed by atoms with E-state index in [0.717, 1.165) is 21.2 Å². The van der Waals surface area contributed by atoms with Crippen molar-refractivity contribution < 1.29 is 9.53 Å². The van der Waals surface area contributed by atoms with Crippen LogP contribution in [0.3, 0.4) is 0 Å². The summed E-state index contributed by atoms with van der Waals surface area (Å²) in [6, 6.07) is 20.8. The fraction of sp³-hybridized carbons (Fsp3) is 0.0870. The highest BCUT2D eigenvalue weighted by molar-refractivity contribution is 9.10. The highest BCUT2D eigenvalue weighted by Gasteiger charge is 2.37. The van der Waals surface area contributed by atoms with Gasteiger partial charge in [-0.2, -0.15) is 0 Å². The lowest BCUT2D eigenvalue weighted by Gasteiger charge is -2.24. The van der Waals surface area contributed by atoms with E-state index in [4.69, 9.17) is 17.0 Å². The minimum atomic E-state index is -0.441. The number of carbonyl (C=O) groups is 1. The number of amides is 1. The van der Waals surface area contributed by atoms with Crippen molar-refractivity contribution in [3.8, 4) is 0 Å². The third-order valence-corrected chi connectivity index (χ3v) is 5.66. The van der Waals surface area contributed by atoms with Crippen LogP contribution in [0.25, 0.3) is 5.70 Å². The summed E-state index contributed by atoms with van der Waals surface area (Å²) in [7, 11) is 0. The summed E-state index contributed by atoms with van der Waals surface area (Å²) in [6.45, 7) is 0.253. The molecule has 2 heterocycles. The summed E-state index contributed by atoms with van der Waals surface area (Å²) < 4.78 is 6.25. The van der Waals surface area contributed by atoms with Gasteiger partial charge in [-0.05, 0) is 23.8 Å². The molecule has 1 atom stereocenters. The lowest BCUT2D eigenvalue weighted by Crippen LogP contribution is -2.29. The molecule has 1 amide bonds. The number of aromatic nitrogens is 1. The lowest BCUT2D eigenvalue weighted by atomic mass is 10.1. The topological polar surface area (TPSA) is 54.5 Å². The molecular weight excluding hydrogens is 462 g/mol. The van der Waals surface area contributed by atoms with Crippen molar-refractivity contribution in [3.05, 3.63) is 106 Å². The monoisotopic (exact) mass is 478 g/mol. The number of thiocarbonyl (C=S) groups is 1. The van der Waals surface area contributed by atoms with Crippen LogP contribution in [0.5, 0.6) is 0 Å².